The molecule has 0 aromatic heterocycles. The number of aliphatic hydroxyl groups is 7. The number of hydrogen-bond acceptors (Lipinski definition) is 8. The van der Waals surface area contributed by atoms with E-state index in [1.165, 1.54) is 0 Å². The Labute approximate surface area is 97.4 Å². The zero-order valence-electron chi connectivity index (χ0n) is 9.05. The average Bonchev–Trinajstić information content (AvgIpc) is 2.34. The largest absolute Gasteiger partial charge is 0.394 e. The molecule has 0 radical (unpaired) electrons. The summed E-state index contributed by atoms with van der Waals surface area (Å²) in [5, 5.41) is 62.6. The van der Waals surface area contributed by atoms with Crippen molar-refractivity contribution in [1.29, 1.82) is 0 Å². The third kappa shape index (κ3) is 5.04. The molecule has 0 aliphatic carbocycles. The third-order valence-corrected chi connectivity index (χ3v) is 2.23. The second-order valence-corrected chi connectivity index (χ2v) is 3.68. The van der Waals surface area contributed by atoms with Gasteiger partial charge in [-0.2, -0.15) is 0 Å². The molecule has 0 saturated heterocycles. The van der Waals surface area contributed by atoms with E-state index in [9.17, 15) is 20.1 Å². The van der Waals surface area contributed by atoms with Crippen LogP contribution in [0.1, 0.15) is 6.42 Å². The Morgan fingerprint density at radius 2 is 1.47 bits per heavy atom. The van der Waals surface area contributed by atoms with E-state index in [1.807, 2.05) is 0 Å². The van der Waals surface area contributed by atoms with Gasteiger partial charge < -0.3 is 35.7 Å². The molecular formula is C9H18O8. The van der Waals surface area contributed by atoms with Crippen LogP contribution in [0.4, 0.5) is 0 Å². The number of carbonyl (C=O) groups is 1. The highest BCUT2D eigenvalue weighted by atomic mass is 16.4. The van der Waals surface area contributed by atoms with Crippen LogP contribution in [0, 0.1) is 0 Å². The van der Waals surface area contributed by atoms with E-state index in [0.717, 1.165) is 0 Å². The second kappa shape index (κ2) is 7.67. The summed E-state index contributed by atoms with van der Waals surface area (Å²) in [6, 6.07) is 0. The highest BCUT2D eigenvalue weighted by Gasteiger charge is 2.34. The minimum absolute atomic E-state index is 0.506. The van der Waals surface area contributed by atoms with Gasteiger partial charge in [0.05, 0.1) is 19.3 Å². The fourth-order valence-corrected chi connectivity index (χ4v) is 1.13. The summed E-state index contributed by atoms with van der Waals surface area (Å²) in [6.45, 7) is -1.52. The minimum atomic E-state index is -2.09. The van der Waals surface area contributed by atoms with Crippen LogP contribution >= 0.6 is 0 Å². The Morgan fingerprint density at radius 1 is 0.941 bits per heavy atom. The molecule has 0 bridgehead atoms. The lowest BCUT2D eigenvalue weighted by Gasteiger charge is -2.23. The predicted octanol–water partition coefficient (Wildman–Crippen LogP) is -4.27. The fraction of sp³-hybridized carbons (Fsp3) is 0.889. The molecular weight excluding hydrogens is 236 g/mol. The zero-order chi connectivity index (χ0) is 13.6. The van der Waals surface area contributed by atoms with Gasteiger partial charge in [0.2, 0.25) is 0 Å². The van der Waals surface area contributed by atoms with E-state index in [1.54, 1.807) is 0 Å². The Hall–Kier alpha value is -0.610. The molecule has 0 aliphatic heterocycles. The SMILES string of the molecule is O=C(C(O)CC(O)CO)[C@@H](O)[C@H](O)[C@H](O)CO. The summed E-state index contributed by atoms with van der Waals surface area (Å²) in [6.07, 6.45) is -9.36. The number of aliphatic hydroxyl groups excluding tert-OH is 7. The molecule has 0 aromatic carbocycles. The monoisotopic (exact) mass is 254 g/mol. The van der Waals surface area contributed by atoms with E-state index >= 15 is 0 Å². The number of ketones is 1. The van der Waals surface area contributed by atoms with Crippen molar-refractivity contribution >= 4 is 5.78 Å². The Bertz CT molecular complexity index is 233. The van der Waals surface area contributed by atoms with Gasteiger partial charge in [-0.15, -0.1) is 0 Å². The van der Waals surface area contributed by atoms with Gasteiger partial charge in [-0.3, -0.25) is 4.79 Å². The van der Waals surface area contributed by atoms with Crippen LogP contribution in [0.3, 0.4) is 0 Å². The molecule has 7 N–H and O–H groups in total. The van der Waals surface area contributed by atoms with Gasteiger partial charge >= 0.3 is 0 Å². The van der Waals surface area contributed by atoms with E-state index in [-0.39, 0.29) is 0 Å². The van der Waals surface area contributed by atoms with Crippen molar-refractivity contribution in [3.63, 3.8) is 0 Å². The van der Waals surface area contributed by atoms with Crippen LogP contribution in [-0.2, 0) is 4.79 Å². The topological polar surface area (TPSA) is 159 Å². The van der Waals surface area contributed by atoms with Gasteiger partial charge in [0.15, 0.2) is 5.78 Å². The summed E-state index contributed by atoms with van der Waals surface area (Å²) >= 11 is 0. The molecule has 0 spiro atoms. The van der Waals surface area contributed by atoms with Gasteiger partial charge in [0, 0.05) is 6.42 Å². The standard InChI is InChI=1S/C9H18O8/c10-2-4(12)1-5(13)7(15)9(17)8(16)6(14)3-11/h4-6,8-14,16-17H,1-3H2/t4?,5?,6-,8-,9-/m1/s1. The first kappa shape index (κ1) is 16.4. The minimum Gasteiger partial charge on any atom is -0.394 e. The molecule has 0 aliphatic rings. The Balaban J connectivity index is 4.38. The first-order valence-corrected chi connectivity index (χ1v) is 5.00. The highest BCUT2D eigenvalue weighted by Crippen LogP contribution is 2.07. The summed E-state index contributed by atoms with van der Waals surface area (Å²) < 4.78 is 0. The van der Waals surface area contributed by atoms with Crippen LogP contribution in [0.2, 0.25) is 0 Å². The first-order valence-electron chi connectivity index (χ1n) is 5.00. The van der Waals surface area contributed by atoms with Crippen molar-refractivity contribution in [3.05, 3.63) is 0 Å². The van der Waals surface area contributed by atoms with E-state index in [4.69, 9.17) is 20.4 Å². The van der Waals surface area contributed by atoms with Crippen LogP contribution in [0.15, 0.2) is 0 Å². The molecule has 17 heavy (non-hydrogen) atoms. The van der Waals surface area contributed by atoms with Crippen LogP contribution in [-0.4, -0.2) is 85.3 Å². The van der Waals surface area contributed by atoms with Crippen molar-refractivity contribution in [3.8, 4) is 0 Å². The molecule has 8 nitrogen and oxygen atoms in total. The van der Waals surface area contributed by atoms with Gasteiger partial charge in [0.25, 0.3) is 0 Å². The summed E-state index contributed by atoms with van der Waals surface area (Å²) in [4.78, 5) is 11.3. The molecule has 0 rings (SSSR count). The van der Waals surface area contributed by atoms with Gasteiger partial charge in [0.1, 0.15) is 24.4 Å². The number of Topliss-reactive ketones (excluding diaryl/α,β-unsaturated/α-hetero) is 1. The second-order valence-electron chi connectivity index (χ2n) is 3.68. The fourth-order valence-electron chi connectivity index (χ4n) is 1.13. The maximum atomic E-state index is 11.3. The number of rotatable bonds is 8. The molecule has 0 amide bonds. The maximum Gasteiger partial charge on any atom is 0.192 e. The normalized spacial score (nSPS) is 20.4. The first-order chi connectivity index (χ1) is 7.84. The van der Waals surface area contributed by atoms with Crippen molar-refractivity contribution in [2.24, 2.45) is 0 Å². The quantitative estimate of drug-likeness (QED) is 0.229. The average molecular weight is 254 g/mol. The highest BCUT2D eigenvalue weighted by molar-refractivity contribution is 5.87. The van der Waals surface area contributed by atoms with Crippen molar-refractivity contribution in [1.82, 2.24) is 0 Å². The van der Waals surface area contributed by atoms with E-state index in [0.29, 0.717) is 0 Å². The molecule has 0 heterocycles. The maximum absolute atomic E-state index is 11.3. The Morgan fingerprint density at radius 3 is 1.88 bits per heavy atom. The lowest BCUT2D eigenvalue weighted by molar-refractivity contribution is -0.150. The molecule has 2 unspecified atom stereocenters. The van der Waals surface area contributed by atoms with Gasteiger partial charge in [-0.25, -0.2) is 0 Å². The predicted molar refractivity (Wildman–Crippen MR) is 53.8 cm³/mol. The van der Waals surface area contributed by atoms with E-state index in [2.05, 4.69) is 0 Å². The lowest BCUT2D eigenvalue weighted by atomic mass is 9.98. The molecule has 5 atom stereocenters. The summed E-state index contributed by atoms with van der Waals surface area (Å²) in [5.74, 6) is -1.21. The third-order valence-electron chi connectivity index (χ3n) is 2.23. The summed E-state index contributed by atoms with van der Waals surface area (Å²) in [7, 11) is 0. The van der Waals surface area contributed by atoms with Gasteiger partial charge in [-0.05, 0) is 0 Å². The number of carbonyl (C=O) groups excluding carboxylic acids is 1. The van der Waals surface area contributed by atoms with E-state index < -0.39 is 55.9 Å². The summed E-state index contributed by atoms with van der Waals surface area (Å²) in [5.41, 5.74) is 0. The molecule has 0 aromatic rings. The van der Waals surface area contributed by atoms with Crippen molar-refractivity contribution in [2.45, 2.75) is 36.9 Å². The van der Waals surface area contributed by atoms with Crippen molar-refractivity contribution < 1.29 is 40.5 Å². The van der Waals surface area contributed by atoms with Crippen LogP contribution in [0.25, 0.3) is 0 Å². The zero-order valence-corrected chi connectivity index (χ0v) is 9.05. The lowest BCUT2D eigenvalue weighted by Crippen LogP contribution is -2.48. The van der Waals surface area contributed by atoms with Crippen molar-refractivity contribution in [2.75, 3.05) is 13.2 Å². The number of hydrogen-bond donors (Lipinski definition) is 7. The van der Waals surface area contributed by atoms with Crippen LogP contribution in [0.5, 0.6) is 0 Å². The Kier molecular flexibility index (Phi) is 7.39. The van der Waals surface area contributed by atoms with Gasteiger partial charge in [-0.1, -0.05) is 0 Å². The smallest absolute Gasteiger partial charge is 0.192 e. The molecule has 102 valence electrons. The molecule has 0 fully saturated rings. The molecule has 0 saturated carbocycles. The molecule has 8 heteroatoms. The van der Waals surface area contributed by atoms with Crippen LogP contribution < -0.4 is 0 Å².